The van der Waals surface area contributed by atoms with Crippen molar-refractivity contribution >= 4 is 13.3 Å². The van der Waals surface area contributed by atoms with Crippen LogP contribution >= 0.6 is 0 Å². The SMILES string of the molecule is CCCCC1=CC[C-]=C1[Si](C)(c1ccccc1)C1CCCCC1.[Cl-].[Cl-].[Cl-].[Ti+4]. The summed E-state index contributed by atoms with van der Waals surface area (Å²) < 4.78 is 0. The predicted molar refractivity (Wildman–Crippen MR) is 104 cm³/mol. The summed E-state index contributed by atoms with van der Waals surface area (Å²) >= 11 is 0. The van der Waals surface area contributed by atoms with Crippen LogP contribution in [-0.4, -0.2) is 8.07 Å². The Bertz CT molecular complexity index is 582. The minimum Gasteiger partial charge on any atom is -1.00 e. The van der Waals surface area contributed by atoms with Crippen molar-refractivity contribution < 1.29 is 58.9 Å². The summed E-state index contributed by atoms with van der Waals surface area (Å²) in [7, 11) is -1.67. The van der Waals surface area contributed by atoms with Gasteiger partial charge in [-0.25, -0.2) is 10.8 Å². The molecule has 0 heterocycles. The standard InChI is InChI=1S/C22H31Si.3ClH.Ti/c1-3-4-12-19-13-11-18-22(19)23(2,20-14-7-5-8-15-20)21-16-9-6-10-17-21;;;;/h5,7-8,13-15,21H,3-4,6,9-12,16-17H2,1-2H3;3*1H;/q-1;;;;+4/p-3. The van der Waals surface area contributed by atoms with Gasteiger partial charge in [0.15, 0.2) is 0 Å². The molecule has 2 aliphatic rings. The van der Waals surface area contributed by atoms with Crippen molar-refractivity contribution in [1.29, 1.82) is 0 Å². The Morgan fingerprint density at radius 2 is 1.63 bits per heavy atom. The third-order valence-corrected chi connectivity index (χ3v) is 11.3. The van der Waals surface area contributed by atoms with E-state index in [2.05, 4.69) is 56.0 Å². The summed E-state index contributed by atoms with van der Waals surface area (Å²) in [6, 6.07) is 11.5. The van der Waals surface area contributed by atoms with Crippen LogP contribution in [0.3, 0.4) is 0 Å². The fraction of sp³-hybridized carbons (Fsp3) is 0.545. The van der Waals surface area contributed by atoms with E-state index in [0.29, 0.717) is 0 Å². The molecule has 1 unspecified atom stereocenters. The van der Waals surface area contributed by atoms with Crippen molar-refractivity contribution in [3.63, 3.8) is 0 Å². The first-order valence-corrected chi connectivity index (χ1v) is 12.2. The Morgan fingerprint density at radius 1 is 1.00 bits per heavy atom. The fourth-order valence-corrected chi connectivity index (χ4v) is 9.63. The molecule has 1 fully saturated rings. The van der Waals surface area contributed by atoms with Gasteiger partial charge in [0.05, 0.1) is 8.07 Å². The summed E-state index contributed by atoms with van der Waals surface area (Å²) in [5.74, 6) is 0. The van der Waals surface area contributed by atoms with Gasteiger partial charge in [-0.1, -0.05) is 100 Å². The average Bonchev–Trinajstić information content (AvgIpc) is 3.10. The van der Waals surface area contributed by atoms with Crippen molar-refractivity contribution in [2.75, 3.05) is 0 Å². The quantitative estimate of drug-likeness (QED) is 0.305. The summed E-state index contributed by atoms with van der Waals surface area (Å²) in [5.41, 5.74) is 2.56. The first-order valence-electron chi connectivity index (χ1n) is 9.63. The second-order valence-electron chi connectivity index (χ2n) is 7.49. The first kappa shape index (κ1) is 29.7. The third kappa shape index (κ3) is 6.76. The van der Waals surface area contributed by atoms with E-state index in [0.717, 1.165) is 12.0 Å². The van der Waals surface area contributed by atoms with Gasteiger partial charge < -0.3 is 37.2 Å². The molecule has 1 atom stereocenters. The van der Waals surface area contributed by atoms with Crippen LogP contribution < -0.4 is 42.4 Å². The van der Waals surface area contributed by atoms with Crippen LogP contribution in [0.4, 0.5) is 0 Å². The van der Waals surface area contributed by atoms with E-state index in [1.165, 1.54) is 51.4 Å². The molecule has 0 aromatic heterocycles. The number of rotatable bonds is 6. The fourth-order valence-electron chi connectivity index (χ4n) is 4.65. The number of halogens is 3. The molecular weight excluding hydrogens is 447 g/mol. The number of hydrogen-bond donors (Lipinski definition) is 0. The molecule has 1 aromatic carbocycles. The van der Waals surface area contributed by atoms with Crippen molar-refractivity contribution in [2.45, 2.75) is 76.8 Å². The zero-order valence-electron chi connectivity index (χ0n) is 16.5. The summed E-state index contributed by atoms with van der Waals surface area (Å²) in [6.07, 6.45) is 18.4. The third-order valence-electron chi connectivity index (χ3n) is 6.06. The molecule has 1 aromatic rings. The zero-order chi connectivity index (χ0) is 16.1. The van der Waals surface area contributed by atoms with Crippen LogP contribution in [0.5, 0.6) is 0 Å². The molecule has 1 saturated carbocycles. The summed E-state index contributed by atoms with van der Waals surface area (Å²) in [4.78, 5) is 0. The molecule has 148 valence electrons. The molecule has 3 rings (SSSR count). The van der Waals surface area contributed by atoms with Crippen LogP contribution in [-0.2, 0) is 21.7 Å². The maximum absolute atomic E-state index is 3.84. The van der Waals surface area contributed by atoms with Gasteiger partial charge in [-0.3, -0.25) is 6.08 Å². The Hall–Kier alpha value is 0.501. The van der Waals surface area contributed by atoms with Crippen LogP contribution in [0.25, 0.3) is 0 Å². The molecule has 0 saturated heterocycles. The molecule has 5 heteroatoms. The maximum Gasteiger partial charge on any atom is 4.00 e. The van der Waals surface area contributed by atoms with Crippen molar-refractivity contribution in [3.05, 3.63) is 53.3 Å². The molecule has 0 bridgehead atoms. The van der Waals surface area contributed by atoms with Gasteiger partial charge in [-0.2, -0.15) is 6.08 Å². The molecule has 2 aliphatic carbocycles. The van der Waals surface area contributed by atoms with Gasteiger partial charge in [-0.05, 0) is 5.54 Å². The molecule has 0 spiro atoms. The van der Waals surface area contributed by atoms with E-state index < -0.39 is 8.07 Å². The van der Waals surface area contributed by atoms with Crippen molar-refractivity contribution in [3.8, 4) is 0 Å². The second-order valence-corrected chi connectivity index (χ2v) is 11.8. The van der Waals surface area contributed by atoms with Gasteiger partial charge in [0, 0.05) is 0 Å². The van der Waals surface area contributed by atoms with Crippen LogP contribution in [0.2, 0.25) is 12.1 Å². The normalized spacial score (nSPS) is 18.4. The number of allylic oxidation sites excluding steroid dienone is 4. The van der Waals surface area contributed by atoms with Gasteiger partial charge in [0.2, 0.25) is 0 Å². The topological polar surface area (TPSA) is 0 Å². The first-order chi connectivity index (χ1) is 11.3. The Morgan fingerprint density at radius 3 is 2.22 bits per heavy atom. The second kappa shape index (κ2) is 14.5. The molecule has 0 N–H and O–H groups in total. The van der Waals surface area contributed by atoms with Crippen molar-refractivity contribution in [1.82, 2.24) is 0 Å². The van der Waals surface area contributed by atoms with E-state index in [1.807, 2.05) is 0 Å². The van der Waals surface area contributed by atoms with E-state index in [9.17, 15) is 0 Å². The number of benzene rings is 1. The Balaban J connectivity index is 0. The molecule has 0 nitrogen and oxygen atoms in total. The van der Waals surface area contributed by atoms with Crippen LogP contribution in [0, 0.1) is 6.08 Å². The largest absolute Gasteiger partial charge is 4.00 e. The number of unbranched alkanes of at least 4 members (excludes halogenated alkanes) is 1. The molecular formula is C22H31Cl3SiTi. The van der Waals surface area contributed by atoms with E-state index in [-0.39, 0.29) is 58.9 Å². The van der Waals surface area contributed by atoms with Gasteiger partial charge in [0.25, 0.3) is 0 Å². The molecule has 0 aliphatic heterocycles. The van der Waals surface area contributed by atoms with E-state index in [4.69, 9.17) is 0 Å². The summed E-state index contributed by atoms with van der Waals surface area (Å²) in [6.45, 7) is 4.95. The summed E-state index contributed by atoms with van der Waals surface area (Å²) in [5, 5.41) is 3.31. The van der Waals surface area contributed by atoms with E-state index in [1.54, 1.807) is 16.0 Å². The van der Waals surface area contributed by atoms with Gasteiger partial charge in [0.1, 0.15) is 0 Å². The average molecular weight is 478 g/mol. The van der Waals surface area contributed by atoms with Gasteiger partial charge >= 0.3 is 21.7 Å². The van der Waals surface area contributed by atoms with Gasteiger partial charge in [-0.15, -0.1) is 6.42 Å². The van der Waals surface area contributed by atoms with E-state index >= 15 is 0 Å². The smallest absolute Gasteiger partial charge is 1.00 e. The molecule has 0 amide bonds. The molecule has 27 heavy (non-hydrogen) atoms. The van der Waals surface area contributed by atoms with Crippen LogP contribution in [0.15, 0.2) is 47.2 Å². The van der Waals surface area contributed by atoms with Crippen molar-refractivity contribution in [2.24, 2.45) is 0 Å². The number of hydrogen-bond acceptors (Lipinski definition) is 0. The predicted octanol–water partition coefficient (Wildman–Crippen LogP) is -2.89. The minimum atomic E-state index is -1.67. The Labute approximate surface area is 201 Å². The monoisotopic (exact) mass is 476 g/mol. The van der Waals surface area contributed by atoms with Crippen LogP contribution in [0.1, 0.15) is 64.7 Å². The maximum atomic E-state index is 3.84. The minimum absolute atomic E-state index is 0. The Kier molecular flexibility index (Phi) is 15.9. The molecule has 0 radical (unpaired) electrons. The zero-order valence-corrected chi connectivity index (χ0v) is 21.4.